The van der Waals surface area contributed by atoms with Crippen LogP contribution in [-0.2, 0) is 17.6 Å². The maximum Gasteiger partial charge on any atom is 0.265 e. The molecule has 0 unspecified atom stereocenters. The lowest BCUT2D eigenvalue weighted by atomic mass is 9.92. The number of anilines is 1. The first-order valence-corrected chi connectivity index (χ1v) is 8.88. The molecule has 0 saturated carbocycles. The fourth-order valence-corrected chi connectivity index (χ4v) is 3.25. The van der Waals surface area contributed by atoms with Crippen molar-refractivity contribution in [1.29, 1.82) is 0 Å². The Kier molecular flexibility index (Phi) is 5.41. The predicted octanol–water partition coefficient (Wildman–Crippen LogP) is 5.01. The minimum Gasteiger partial charge on any atom is -0.481 e. The number of aryl methyl sites for hydroxylation is 2. The van der Waals surface area contributed by atoms with Crippen molar-refractivity contribution in [1.82, 2.24) is 0 Å². The molecular formula is C20H22ClNO2. The molecule has 1 aliphatic carbocycles. The molecule has 0 heterocycles. The molecule has 3 nitrogen and oxygen atoms in total. The van der Waals surface area contributed by atoms with E-state index in [9.17, 15) is 4.79 Å². The van der Waals surface area contributed by atoms with Crippen molar-refractivity contribution in [3.63, 3.8) is 0 Å². The number of benzene rings is 2. The zero-order chi connectivity index (χ0) is 16.9. The normalized spacial score (nSPS) is 14.6. The molecule has 1 N–H and O–H groups in total. The summed E-state index contributed by atoms with van der Waals surface area (Å²) in [6.07, 6.45) is 4.80. The molecular weight excluding hydrogens is 322 g/mol. The standard InChI is InChI=1S/C20H22ClNO2/c1-2-19(20(23)22-17-9-5-8-16(21)13-17)24-18-11-10-14-6-3-4-7-15(14)12-18/h5,8-13,19H,2-4,6-7H2,1H3,(H,22,23)/t19-/m0/s1. The van der Waals surface area contributed by atoms with E-state index in [0.717, 1.165) is 18.6 Å². The molecule has 24 heavy (non-hydrogen) atoms. The quantitative estimate of drug-likeness (QED) is 0.828. The van der Waals surface area contributed by atoms with Gasteiger partial charge in [0, 0.05) is 10.7 Å². The van der Waals surface area contributed by atoms with Crippen molar-refractivity contribution in [3.8, 4) is 5.75 Å². The largest absolute Gasteiger partial charge is 0.481 e. The Hall–Kier alpha value is -2.00. The molecule has 1 amide bonds. The molecule has 0 radical (unpaired) electrons. The third kappa shape index (κ3) is 4.09. The van der Waals surface area contributed by atoms with Crippen LogP contribution in [0.2, 0.25) is 5.02 Å². The summed E-state index contributed by atoms with van der Waals surface area (Å²) in [5.41, 5.74) is 3.44. The molecule has 1 aliphatic rings. The number of carbonyl (C=O) groups is 1. The minimum absolute atomic E-state index is 0.155. The van der Waals surface area contributed by atoms with Gasteiger partial charge in [-0.2, -0.15) is 0 Å². The summed E-state index contributed by atoms with van der Waals surface area (Å²) >= 11 is 5.96. The van der Waals surface area contributed by atoms with Gasteiger partial charge in [0.15, 0.2) is 6.10 Å². The van der Waals surface area contributed by atoms with Crippen molar-refractivity contribution in [2.24, 2.45) is 0 Å². The summed E-state index contributed by atoms with van der Waals surface area (Å²) in [7, 11) is 0. The lowest BCUT2D eigenvalue weighted by molar-refractivity contribution is -0.122. The Labute approximate surface area is 148 Å². The molecule has 0 fully saturated rings. The SMILES string of the molecule is CC[C@H](Oc1ccc2c(c1)CCCC2)C(=O)Nc1cccc(Cl)c1. The molecule has 3 rings (SSSR count). The van der Waals surface area contributed by atoms with Crippen LogP contribution in [-0.4, -0.2) is 12.0 Å². The highest BCUT2D eigenvalue weighted by Crippen LogP contribution is 2.26. The molecule has 0 aliphatic heterocycles. The zero-order valence-electron chi connectivity index (χ0n) is 13.8. The van der Waals surface area contributed by atoms with Gasteiger partial charge in [-0.25, -0.2) is 0 Å². The predicted molar refractivity (Wildman–Crippen MR) is 97.9 cm³/mol. The monoisotopic (exact) mass is 343 g/mol. The van der Waals surface area contributed by atoms with Gasteiger partial charge >= 0.3 is 0 Å². The maximum absolute atomic E-state index is 12.5. The topological polar surface area (TPSA) is 38.3 Å². The summed E-state index contributed by atoms with van der Waals surface area (Å²) in [5, 5.41) is 3.46. The van der Waals surface area contributed by atoms with E-state index in [-0.39, 0.29) is 5.91 Å². The number of nitrogens with one attached hydrogen (secondary N) is 1. The molecule has 2 aromatic carbocycles. The highest BCUT2D eigenvalue weighted by molar-refractivity contribution is 6.30. The van der Waals surface area contributed by atoms with Gasteiger partial charge in [0.2, 0.25) is 0 Å². The zero-order valence-corrected chi connectivity index (χ0v) is 14.6. The highest BCUT2D eigenvalue weighted by atomic mass is 35.5. The van der Waals surface area contributed by atoms with E-state index < -0.39 is 6.10 Å². The van der Waals surface area contributed by atoms with Crippen LogP contribution in [0.5, 0.6) is 5.75 Å². The van der Waals surface area contributed by atoms with Gasteiger partial charge < -0.3 is 10.1 Å². The van der Waals surface area contributed by atoms with Crippen LogP contribution in [0.1, 0.15) is 37.3 Å². The molecule has 4 heteroatoms. The van der Waals surface area contributed by atoms with Crippen molar-refractivity contribution in [2.45, 2.75) is 45.1 Å². The van der Waals surface area contributed by atoms with Crippen LogP contribution in [0, 0.1) is 0 Å². The van der Waals surface area contributed by atoms with Crippen LogP contribution < -0.4 is 10.1 Å². The van der Waals surface area contributed by atoms with Gasteiger partial charge in [-0.05, 0) is 73.6 Å². The third-order valence-corrected chi connectivity index (χ3v) is 4.59. The second-order valence-electron chi connectivity index (χ2n) is 6.15. The second kappa shape index (κ2) is 7.71. The van der Waals surface area contributed by atoms with Crippen molar-refractivity contribution >= 4 is 23.2 Å². The number of halogens is 1. The first-order chi connectivity index (χ1) is 11.7. The van der Waals surface area contributed by atoms with E-state index in [1.54, 1.807) is 12.1 Å². The average molecular weight is 344 g/mol. The molecule has 1 atom stereocenters. The maximum atomic E-state index is 12.5. The number of fused-ring (bicyclic) bond motifs is 1. The van der Waals surface area contributed by atoms with Gasteiger partial charge in [-0.3, -0.25) is 4.79 Å². The Morgan fingerprint density at radius 3 is 2.71 bits per heavy atom. The van der Waals surface area contributed by atoms with E-state index in [2.05, 4.69) is 17.4 Å². The molecule has 0 aromatic heterocycles. The van der Waals surface area contributed by atoms with Crippen LogP contribution in [0.4, 0.5) is 5.69 Å². The molecule has 0 bridgehead atoms. The summed E-state index contributed by atoms with van der Waals surface area (Å²) < 4.78 is 5.95. The summed E-state index contributed by atoms with van der Waals surface area (Å²) in [6, 6.07) is 13.3. The van der Waals surface area contributed by atoms with Crippen LogP contribution in [0.3, 0.4) is 0 Å². The second-order valence-corrected chi connectivity index (χ2v) is 6.59. The van der Waals surface area contributed by atoms with E-state index in [1.807, 2.05) is 25.1 Å². The fraction of sp³-hybridized carbons (Fsp3) is 0.350. The number of hydrogen-bond acceptors (Lipinski definition) is 2. The van der Waals surface area contributed by atoms with Crippen LogP contribution in [0.25, 0.3) is 0 Å². The van der Waals surface area contributed by atoms with Gasteiger partial charge in [-0.15, -0.1) is 0 Å². The van der Waals surface area contributed by atoms with E-state index in [1.165, 1.54) is 24.0 Å². The summed E-state index contributed by atoms with van der Waals surface area (Å²) in [6.45, 7) is 1.95. The Bertz CT molecular complexity index is 729. The van der Waals surface area contributed by atoms with Crippen LogP contribution >= 0.6 is 11.6 Å². The van der Waals surface area contributed by atoms with E-state index in [4.69, 9.17) is 16.3 Å². The molecule has 126 valence electrons. The third-order valence-electron chi connectivity index (χ3n) is 4.35. The summed E-state index contributed by atoms with van der Waals surface area (Å²) in [4.78, 5) is 12.5. The smallest absolute Gasteiger partial charge is 0.265 e. The molecule has 2 aromatic rings. The Morgan fingerprint density at radius 2 is 1.96 bits per heavy atom. The number of ether oxygens (including phenoxy) is 1. The van der Waals surface area contributed by atoms with Crippen molar-refractivity contribution < 1.29 is 9.53 Å². The number of carbonyl (C=O) groups excluding carboxylic acids is 1. The van der Waals surface area contributed by atoms with Gasteiger partial charge in [0.25, 0.3) is 5.91 Å². The minimum atomic E-state index is -0.523. The summed E-state index contributed by atoms with van der Waals surface area (Å²) in [5.74, 6) is 0.612. The molecule has 0 spiro atoms. The first kappa shape index (κ1) is 16.8. The first-order valence-electron chi connectivity index (χ1n) is 8.50. The average Bonchev–Trinajstić information content (AvgIpc) is 2.59. The number of amides is 1. The van der Waals surface area contributed by atoms with E-state index >= 15 is 0 Å². The lowest BCUT2D eigenvalue weighted by Gasteiger charge is -2.20. The number of hydrogen-bond donors (Lipinski definition) is 1. The van der Waals surface area contributed by atoms with Crippen molar-refractivity contribution in [3.05, 3.63) is 58.6 Å². The highest BCUT2D eigenvalue weighted by Gasteiger charge is 2.19. The van der Waals surface area contributed by atoms with Crippen molar-refractivity contribution in [2.75, 3.05) is 5.32 Å². The Morgan fingerprint density at radius 1 is 1.17 bits per heavy atom. The van der Waals surface area contributed by atoms with Gasteiger partial charge in [0.05, 0.1) is 0 Å². The lowest BCUT2D eigenvalue weighted by Crippen LogP contribution is -2.32. The van der Waals surface area contributed by atoms with E-state index in [0.29, 0.717) is 17.1 Å². The Balaban J connectivity index is 1.68. The van der Waals surface area contributed by atoms with Gasteiger partial charge in [-0.1, -0.05) is 30.7 Å². The fourth-order valence-electron chi connectivity index (χ4n) is 3.06. The van der Waals surface area contributed by atoms with Crippen LogP contribution in [0.15, 0.2) is 42.5 Å². The van der Waals surface area contributed by atoms with Gasteiger partial charge in [0.1, 0.15) is 5.75 Å². The number of rotatable bonds is 5. The molecule has 0 saturated heterocycles.